The molecule has 1 rings (SSSR count). The lowest BCUT2D eigenvalue weighted by atomic mass is 10.1. The number of hydrogen-bond acceptors (Lipinski definition) is 4. The third-order valence-electron chi connectivity index (χ3n) is 2.14. The van der Waals surface area contributed by atoms with Gasteiger partial charge in [-0.1, -0.05) is 6.07 Å². The molecule has 0 aromatic carbocycles. The fourth-order valence-electron chi connectivity index (χ4n) is 1.29. The van der Waals surface area contributed by atoms with Crippen LogP contribution >= 0.6 is 0 Å². The predicted molar refractivity (Wildman–Crippen MR) is 57.2 cm³/mol. The molecule has 0 amide bonds. The average Bonchev–Trinajstić information content (AvgIpc) is 2.27. The van der Waals surface area contributed by atoms with Crippen LogP contribution in [0, 0.1) is 0 Å². The smallest absolute Gasteiger partial charge is 0.305 e. The molecule has 1 aromatic rings. The lowest BCUT2D eigenvalue weighted by Gasteiger charge is -2.09. The third kappa shape index (κ3) is 4.56. The average molecular weight is 208 g/mol. The van der Waals surface area contributed by atoms with Crippen molar-refractivity contribution in [3.63, 3.8) is 0 Å². The van der Waals surface area contributed by atoms with Crippen molar-refractivity contribution in [1.82, 2.24) is 4.98 Å². The van der Waals surface area contributed by atoms with E-state index >= 15 is 0 Å². The molecule has 1 atom stereocenters. The van der Waals surface area contributed by atoms with Gasteiger partial charge in [0, 0.05) is 30.8 Å². The summed E-state index contributed by atoms with van der Waals surface area (Å²) in [5.41, 5.74) is 6.81. The van der Waals surface area contributed by atoms with Crippen LogP contribution in [0.1, 0.15) is 18.5 Å². The number of aromatic nitrogens is 1. The van der Waals surface area contributed by atoms with Gasteiger partial charge in [0.1, 0.15) is 0 Å². The molecule has 1 heterocycles. The molecule has 0 radical (unpaired) electrons. The van der Waals surface area contributed by atoms with Crippen LogP contribution in [0.25, 0.3) is 0 Å². The summed E-state index contributed by atoms with van der Waals surface area (Å²) in [6.45, 7) is 0. The van der Waals surface area contributed by atoms with Gasteiger partial charge in [-0.2, -0.15) is 0 Å². The number of methoxy groups -OCH3 is 1. The van der Waals surface area contributed by atoms with E-state index in [0.717, 1.165) is 5.69 Å². The molecule has 1 aromatic heterocycles. The lowest BCUT2D eigenvalue weighted by molar-refractivity contribution is -0.140. The Balaban J connectivity index is 2.30. The standard InChI is InChI=1S/C11H16N2O2/c1-15-11(14)6-5-9(12)8-10-4-2-3-7-13-10/h2-4,7,9H,5-6,8,12H2,1H3. The monoisotopic (exact) mass is 208 g/mol. The largest absolute Gasteiger partial charge is 0.469 e. The highest BCUT2D eigenvalue weighted by atomic mass is 16.5. The molecule has 0 aliphatic carbocycles. The van der Waals surface area contributed by atoms with E-state index in [-0.39, 0.29) is 12.0 Å². The number of nitrogens with zero attached hydrogens (tertiary/aromatic N) is 1. The Labute approximate surface area is 89.5 Å². The van der Waals surface area contributed by atoms with Crippen molar-refractivity contribution in [2.75, 3.05) is 7.11 Å². The first-order chi connectivity index (χ1) is 7.22. The first kappa shape index (κ1) is 11.7. The van der Waals surface area contributed by atoms with Gasteiger partial charge in [0.2, 0.25) is 0 Å². The van der Waals surface area contributed by atoms with Gasteiger partial charge in [0.05, 0.1) is 7.11 Å². The van der Waals surface area contributed by atoms with Crippen LogP contribution in [0.5, 0.6) is 0 Å². The maximum atomic E-state index is 10.9. The number of nitrogens with two attached hydrogens (primary N) is 1. The van der Waals surface area contributed by atoms with Crippen molar-refractivity contribution in [2.45, 2.75) is 25.3 Å². The molecule has 0 aliphatic rings. The minimum Gasteiger partial charge on any atom is -0.469 e. The maximum Gasteiger partial charge on any atom is 0.305 e. The zero-order valence-corrected chi connectivity index (χ0v) is 8.85. The van der Waals surface area contributed by atoms with Crippen LogP contribution in [0.15, 0.2) is 24.4 Å². The highest BCUT2D eigenvalue weighted by Crippen LogP contribution is 2.03. The van der Waals surface area contributed by atoms with Crippen LogP contribution in [-0.2, 0) is 16.0 Å². The Bertz CT molecular complexity index is 301. The van der Waals surface area contributed by atoms with Crippen molar-refractivity contribution in [3.05, 3.63) is 30.1 Å². The van der Waals surface area contributed by atoms with Gasteiger partial charge in [-0.3, -0.25) is 9.78 Å². The SMILES string of the molecule is COC(=O)CCC(N)Cc1ccccn1. The number of carbonyl (C=O) groups is 1. The second-order valence-corrected chi connectivity index (χ2v) is 3.40. The lowest BCUT2D eigenvalue weighted by Crippen LogP contribution is -2.24. The maximum absolute atomic E-state index is 10.9. The van der Waals surface area contributed by atoms with Crippen molar-refractivity contribution in [1.29, 1.82) is 0 Å². The number of ether oxygens (including phenoxy) is 1. The van der Waals surface area contributed by atoms with Crippen LogP contribution in [0.3, 0.4) is 0 Å². The predicted octanol–water partition coefficient (Wildman–Crippen LogP) is 0.905. The summed E-state index contributed by atoms with van der Waals surface area (Å²) < 4.78 is 4.54. The van der Waals surface area contributed by atoms with E-state index in [1.807, 2.05) is 18.2 Å². The molecule has 1 unspecified atom stereocenters. The zero-order chi connectivity index (χ0) is 11.1. The van der Waals surface area contributed by atoms with Crippen LogP contribution in [-0.4, -0.2) is 24.1 Å². The Morgan fingerprint density at radius 1 is 1.60 bits per heavy atom. The van der Waals surface area contributed by atoms with Gasteiger partial charge in [-0.15, -0.1) is 0 Å². The second-order valence-electron chi connectivity index (χ2n) is 3.40. The zero-order valence-electron chi connectivity index (χ0n) is 8.85. The minimum atomic E-state index is -0.216. The Hall–Kier alpha value is -1.42. The van der Waals surface area contributed by atoms with E-state index in [9.17, 15) is 4.79 Å². The van der Waals surface area contributed by atoms with Gasteiger partial charge in [0.15, 0.2) is 0 Å². The summed E-state index contributed by atoms with van der Waals surface area (Å²) in [4.78, 5) is 15.0. The van der Waals surface area contributed by atoms with Gasteiger partial charge in [-0.05, 0) is 18.6 Å². The molecule has 4 heteroatoms. The van der Waals surface area contributed by atoms with Crippen LogP contribution in [0.2, 0.25) is 0 Å². The molecular formula is C11H16N2O2. The summed E-state index contributed by atoms with van der Waals surface area (Å²) in [7, 11) is 1.38. The molecular weight excluding hydrogens is 192 g/mol. The van der Waals surface area contributed by atoms with Gasteiger partial charge < -0.3 is 10.5 Å². The third-order valence-corrected chi connectivity index (χ3v) is 2.14. The van der Waals surface area contributed by atoms with E-state index < -0.39 is 0 Å². The molecule has 0 fully saturated rings. The molecule has 0 bridgehead atoms. The topological polar surface area (TPSA) is 65.2 Å². The first-order valence-corrected chi connectivity index (χ1v) is 4.94. The number of pyridine rings is 1. The number of rotatable bonds is 5. The molecule has 82 valence electrons. The number of esters is 1. The number of hydrogen-bond donors (Lipinski definition) is 1. The Morgan fingerprint density at radius 3 is 3.00 bits per heavy atom. The summed E-state index contributed by atoms with van der Waals surface area (Å²) >= 11 is 0. The summed E-state index contributed by atoms with van der Waals surface area (Å²) in [6, 6.07) is 5.68. The molecule has 0 spiro atoms. The van der Waals surface area contributed by atoms with Crippen molar-refractivity contribution < 1.29 is 9.53 Å². The van der Waals surface area contributed by atoms with E-state index in [0.29, 0.717) is 19.3 Å². The van der Waals surface area contributed by atoms with Crippen molar-refractivity contribution in [2.24, 2.45) is 5.73 Å². The Morgan fingerprint density at radius 2 is 2.40 bits per heavy atom. The molecule has 0 saturated carbocycles. The van der Waals surface area contributed by atoms with E-state index in [1.165, 1.54) is 7.11 Å². The van der Waals surface area contributed by atoms with E-state index in [2.05, 4.69) is 9.72 Å². The van der Waals surface area contributed by atoms with Crippen LogP contribution in [0.4, 0.5) is 0 Å². The summed E-state index contributed by atoms with van der Waals surface area (Å²) in [6.07, 6.45) is 3.42. The summed E-state index contributed by atoms with van der Waals surface area (Å²) in [5, 5.41) is 0. The van der Waals surface area contributed by atoms with Crippen molar-refractivity contribution in [3.8, 4) is 0 Å². The highest BCUT2D eigenvalue weighted by molar-refractivity contribution is 5.69. The van der Waals surface area contributed by atoms with Gasteiger partial charge in [-0.25, -0.2) is 0 Å². The molecule has 2 N–H and O–H groups in total. The van der Waals surface area contributed by atoms with Gasteiger partial charge >= 0.3 is 5.97 Å². The molecule has 15 heavy (non-hydrogen) atoms. The fourth-order valence-corrected chi connectivity index (χ4v) is 1.29. The van der Waals surface area contributed by atoms with Gasteiger partial charge in [0.25, 0.3) is 0 Å². The molecule has 0 saturated heterocycles. The fraction of sp³-hybridized carbons (Fsp3) is 0.455. The molecule has 0 aliphatic heterocycles. The summed E-state index contributed by atoms with van der Waals surface area (Å²) in [5.74, 6) is -0.216. The highest BCUT2D eigenvalue weighted by Gasteiger charge is 2.08. The van der Waals surface area contributed by atoms with E-state index in [4.69, 9.17) is 5.73 Å². The van der Waals surface area contributed by atoms with Crippen molar-refractivity contribution >= 4 is 5.97 Å². The normalized spacial score (nSPS) is 12.1. The molecule has 4 nitrogen and oxygen atoms in total. The number of carbonyl (C=O) groups excluding carboxylic acids is 1. The first-order valence-electron chi connectivity index (χ1n) is 4.94. The minimum absolute atomic E-state index is 0.0426. The van der Waals surface area contributed by atoms with E-state index in [1.54, 1.807) is 6.20 Å². The Kier molecular flexibility index (Phi) is 4.77. The van der Waals surface area contributed by atoms with Crippen LogP contribution < -0.4 is 5.73 Å². The second kappa shape index (κ2) is 6.14. The quantitative estimate of drug-likeness (QED) is 0.730.